The Hall–Kier alpha value is -4.40. The molecule has 15 heteroatoms. The number of rotatable bonds is 10. The van der Waals surface area contributed by atoms with E-state index < -0.39 is 37.0 Å². The van der Waals surface area contributed by atoms with Gasteiger partial charge in [-0.05, 0) is 35.9 Å². The van der Waals surface area contributed by atoms with Crippen LogP contribution in [-0.4, -0.2) is 42.3 Å². The van der Waals surface area contributed by atoms with Crippen LogP contribution in [0.15, 0.2) is 70.6 Å². The van der Waals surface area contributed by atoms with Crippen LogP contribution >= 0.6 is 11.6 Å². The second-order valence-electron chi connectivity index (χ2n) is 8.15. The van der Waals surface area contributed by atoms with Crippen LogP contribution in [0.3, 0.4) is 0 Å². The Balaban J connectivity index is 1.48. The minimum absolute atomic E-state index is 0.0474. The molecule has 4 rings (SSSR count). The lowest BCUT2D eigenvalue weighted by Gasteiger charge is -2.12. The number of nitrogens with one attached hydrogen (secondary N) is 4. The van der Waals surface area contributed by atoms with Gasteiger partial charge < -0.3 is 15.6 Å². The lowest BCUT2D eigenvalue weighted by atomic mass is 10.1. The Kier molecular flexibility index (Phi) is 8.18. The highest BCUT2D eigenvalue weighted by Crippen LogP contribution is 2.21. The number of hydrogen-bond donors (Lipinski definition) is 4. The van der Waals surface area contributed by atoms with Gasteiger partial charge in [-0.25, -0.2) is 22.5 Å². The number of carbonyl (C=O) groups excluding carboxylic acids is 1. The molecule has 2 aromatic carbocycles. The smallest absolute Gasteiger partial charge is 0.287 e. The van der Waals surface area contributed by atoms with E-state index in [0.29, 0.717) is 5.02 Å². The first kappa shape index (κ1) is 27.6. The number of carbonyl (C=O) groups is 1. The van der Waals surface area contributed by atoms with Gasteiger partial charge >= 0.3 is 0 Å². The van der Waals surface area contributed by atoms with Crippen molar-refractivity contribution < 1.29 is 22.5 Å². The number of halogens is 2. The first-order chi connectivity index (χ1) is 18.5. The number of sulfonamides is 1. The molecule has 202 valence electrons. The molecule has 4 N–H and O–H groups in total. The van der Waals surface area contributed by atoms with Gasteiger partial charge in [-0.3, -0.25) is 19.7 Å². The normalized spacial score (nSPS) is 11.3. The molecule has 4 aromatic rings. The molecule has 0 saturated carbocycles. The summed E-state index contributed by atoms with van der Waals surface area (Å²) in [6, 6.07) is 10.9. The van der Waals surface area contributed by atoms with Crippen LogP contribution in [0.1, 0.15) is 15.9 Å². The van der Waals surface area contributed by atoms with Crippen molar-refractivity contribution in [1.29, 1.82) is 0 Å². The zero-order valence-electron chi connectivity index (χ0n) is 19.9. The molecule has 2 aromatic heterocycles. The summed E-state index contributed by atoms with van der Waals surface area (Å²) in [5.41, 5.74) is -0.810. The Bertz CT molecular complexity index is 1710. The molecule has 0 aliphatic heterocycles. The van der Waals surface area contributed by atoms with Gasteiger partial charge in [0.1, 0.15) is 28.3 Å². The maximum atomic E-state index is 14.4. The predicted octanol–water partition coefficient (Wildman–Crippen LogP) is 2.94. The quantitative estimate of drug-likeness (QED) is 0.127. The summed E-state index contributed by atoms with van der Waals surface area (Å²) in [6.45, 7) is -0.0101. The van der Waals surface area contributed by atoms with Crippen molar-refractivity contribution in [2.45, 2.75) is 11.4 Å². The number of nitrogens with zero attached hydrogens (tertiary/aromatic N) is 2. The van der Waals surface area contributed by atoms with Gasteiger partial charge in [0.15, 0.2) is 0 Å². The molecule has 12 nitrogen and oxygen atoms in total. The number of pyridine rings is 2. The number of benzene rings is 2. The number of aromatic amines is 1. The van der Waals surface area contributed by atoms with Crippen LogP contribution in [0, 0.1) is 15.9 Å². The van der Waals surface area contributed by atoms with E-state index in [1.54, 1.807) is 24.3 Å². The fraction of sp³-hybridized carbons (Fsp3) is 0.125. The summed E-state index contributed by atoms with van der Waals surface area (Å²) in [6.07, 6.45) is 2.12. The number of nitro groups is 1. The van der Waals surface area contributed by atoms with E-state index in [2.05, 4.69) is 25.3 Å². The first-order valence-corrected chi connectivity index (χ1v) is 13.1. The second-order valence-corrected chi connectivity index (χ2v) is 10.3. The summed E-state index contributed by atoms with van der Waals surface area (Å²) in [4.78, 5) is 41.7. The van der Waals surface area contributed by atoms with E-state index in [0.717, 1.165) is 30.1 Å². The van der Waals surface area contributed by atoms with E-state index >= 15 is 0 Å². The highest BCUT2D eigenvalue weighted by atomic mass is 35.5. The molecule has 0 bridgehead atoms. The molecule has 0 spiro atoms. The zero-order valence-corrected chi connectivity index (χ0v) is 21.5. The van der Waals surface area contributed by atoms with E-state index in [-0.39, 0.29) is 47.6 Å². The molecule has 1 amide bonds. The Morgan fingerprint density at radius 3 is 2.54 bits per heavy atom. The number of anilines is 1. The Labute approximate surface area is 225 Å². The summed E-state index contributed by atoms with van der Waals surface area (Å²) in [7, 11) is -4.30. The molecule has 0 aliphatic rings. The lowest BCUT2D eigenvalue weighted by molar-refractivity contribution is -0.385. The number of amides is 1. The Morgan fingerprint density at radius 2 is 1.87 bits per heavy atom. The SMILES string of the molecule is O=C(NCc1ccc(Cl)cc1)c1c[nH]c2c(S(=O)(=O)NCCNc3ccc([N+](=O)[O-])cn3)cc(F)cc2c1=O. The average Bonchev–Trinajstić information content (AvgIpc) is 2.91. The average molecular weight is 575 g/mol. The highest BCUT2D eigenvalue weighted by molar-refractivity contribution is 7.89. The second kappa shape index (κ2) is 11.6. The van der Waals surface area contributed by atoms with Crippen LogP contribution in [-0.2, 0) is 16.6 Å². The highest BCUT2D eigenvalue weighted by Gasteiger charge is 2.22. The van der Waals surface area contributed by atoms with Gasteiger partial charge in [0.25, 0.3) is 11.6 Å². The van der Waals surface area contributed by atoms with Gasteiger partial charge in [-0.15, -0.1) is 0 Å². The standard InChI is InChI=1S/C24H20ClFN6O6S/c25-15-3-1-14(2-4-15)11-30-24(34)19-13-29-22-18(23(19)33)9-16(26)10-20(22)39(37,38)31-8-7-27-21-6-5-17(12-28-21)32(35)36/h1-6,9-10,12-13,31H,7-8,11H2,(H,27,28)(H,29,33)(H,30,34). The fourth-order valence-electron chi connectivity index (χ4n) is 3.58. The van der Waals surface area contributed by atoms with Crippen molar-refractivity contribution in [2.75, 3.05) is 18.4 Å². The third kappa shape index (κ3) is 6.54. The predicted molar refractivity (Wildman–Crippen MR) is 142 cm³/mol. The minimum Gasteiger partial charge on any atom is -0.369 e. The first-order valence-electron chi connectivity index (χ1n) is 11.3. The van der Waals surface area contributed by atoms with Gasteiger partial charge in [-0.2, -0.15) is 0 Å². The molecule has 39 heavy (non-hydrogen) atoms. The van der Waals surface area contributed by atoms with Gasteiger partial charge in [0.05, 0.1) is 15.8 Å². The van der Waals surface area contributed by atoms with Crippen LogP contribution in [0.4, 0.5) is 15.9 Å². The molecule has 2 heterocycles. The number of aromatic nitrogens is 2. The van der Waals surface area contributed by atoms with Crippen molar-refractivity contribution in [2.24, 2.45) is 0 Å². The maximum absolute atomic E-state index is 14.4. The minimum atomic E-state index is -4.30. The topological polar surface area (TPSA) is 176 Å². The van der Waals surface area contributed by atoms with E-state index in [4.69, 9.17) is 11.6 Å². The molecular formula is C24H20ClFN6O6S. The molecule has 0 unspecified atom stereocenters. The summed E-state index contributed by atoms with van der Waals surface area (Å²) in [5, 5.41) is 16.3. The van der Waals surface area contributed by atoms with Crippen LogP contribution < -0.4 is 20.8 Å². The van der Waals surface area contributed by atoms with Crippen molar-refractivity contribution in [1.82, 2.24) is 20.0 Å². The third-order valence-electron chi connectivity index (χ3n) is 5.50. The molecule has 0 radical (unpaired) electrons. The monoisotopic (exact) mass is 574 g/mol. The molecule has 0 saturated heterocycles. The van der Waals surface area contributed by atoms with Crippen LogP contribution in [0.5, 0.6) is 0 Å². The van der Waals surface area contributed by atoms with Crippen molar-refractivity contribution in [3.63, 3.8) is 0 Å². The maximum Gasteiger partial charge on any atom is 0.287 e. The van der Waals surface area contributed by atoms with Gasteiger partial charge in [0, 0.05) is 36.9 Å². The van der Waals surface area contributed by atoms with Crippen LogP contribution in [0.2, 0.25) is 5.02 Å². The fourth-order valence-corrected chi connectivity index (χ4v) is 4.94. The third-order valence-corrected chi connectivity index (χ3v) is 7.24. The zero-order chi connectivity index (χ0) is 28.2. The van der Waals surface area contributed by atoms with E-state index in [9.17, 15) is 32.5 Å². The largest absolute Gasteiger partial charge is 0.369 e. The molecule has 0 aliphatic carbocycles. The molecule has 0 atom stereocenters. The van der Waals surface area contributed by atoms with Crippen molar-refractivity contribution >= 4 is 49.9 Å². The number of H-pyrrole nitrogens is 1. The van der Waals surface area contributed by atoms with E-state index in [1.165, 1.54) is 12.1 Å². The number of hydrogen-bond acceptors (Lipinski definition) is 8. The summed E-state index contributed by atoms with van der Waals surface area (Å²) in [5.74, 6) is -1.44. The lowest BCUT2D eigenvalue weighted by Crippen LogP contribution is -2.30. The Morgan fingerprint density at radius 1 is 1.13 bits per heavy atom. The van der Waals surface area contributed by atoms with Gasteiger partial charge in [0.2, 0.25) is 15.5 Å². The number of fused-ring (bicyclic) bond motifs is 1. The van der Waals surface area contributed by atoms with E-state index in [1.807, 2.05) is 0 Å². The van der Waals surface area contributed by atoms with Crippen LogP contribution in [0.25, 0.3) is 10.9 Å². The summed E-state index contributed by atoms with van der Waals surface area (Å²) >= 11 is 5.84. The van der Waals surface area contributed by atoms with Gasteiger partial charge in [-0.1, -0.05) is 23.7 Å². The van der Waals surface area contributed by atoms with Crippen molar-refractivity contribution in [3.8, 4) is 0 Å². The molecule has 0 fully saturated rings. The molecular weight excluding hydrogens is 555 g/mol. The van der Waals surface area contributed by atoms with Crippen molar-refractivity contribution in [3.05, 3.63) is 103 Å². The summed E-state index contributed by atoms with van der Waals surface area (Å²) < 4.78 is 42.6.